The Morgan fingerprint density at radius 3 is 1.52 bits per heavy atom. The van der Waals surface area contributed by atoms with E-state index in [0.717, 1.165) is 51.4 Å². The maximum Gasteiger partial charge on any atom is 0.224 e. The number of allylic oxidation sites excluding steroid dienone is 2. The minimum Gasteiger partial charge on any atom is -0.309 e. The van der Waals surface area contributed by atoms with E-state index in [9.17, 15) is 9.59 Å². The molecule has 0 saturated heterocycles. The molecule has 0 aliphatic carbocycles. The molecule has 0 aromatic heterocycles. The lowest BCUT2D eigenvalue weighted by molar-refractivity contribution is -0.893. The SMILES string of the molecule is C=CCCCCCC(=O)NC[N+](C)(C)CNC(=O)CCCCCC=C. The number of nitrogens with one attached hydrogen (secondary N) is 2. The Hall–Kier alpha value is -1.62. The van der Waals surface area contributed by atoms with Crippen molar-refractivity contribution in [3.05, 3.63) is 25.3 Å². The van der Waals surface area contributed by atoms with Gasteiger partial charge in [0.2, 0.25) is 11.8 Å². The highest BCUT2D eigenvalue weighted by Gasteiger charge is 2.17. The normalized spacial score (nSPS) is 11.0. The van der Waals surface area contributed by atoms with Crippen molar-refractivity contribution in [1.29, 1.82) is 0 Å². The first-order chi connectivity index (χ1) is 11.9. The van der Waals surface area contributed by atoms with Crippen LogP contribution >= 0.6 is 0 Å². The fourth-order valence-corrected chi connectivity index (χ4v) is 2.34. The summed E-state index contributed by atoms with van der Waals surface area (Å²) in [5, 5.41) is 5.91. The van der Waals surface area contributed by atoms with Gasteiger partial charge in [-0.15, -0.1) is 13.2 Å². The first kappa shape index (κ1) is 23.4. The summed E-state index contributed by atoms with van der Waals surface area (Å²) in [5.74, 6) is 0.164. The maximum atomic E-state index is 11.9. The molecule has 2 N–H and O–H groups in total. The Bertz CT molecular complexity index is 370. The van der Waals surface area contributed by atoms with Crippen molar-refractivity contribution in [2.75, 3.05) is 27.4 Å². The van der Waals surface area contributed by atoms with Crippen molar-refractivity contribution in [2.24, 2.45) is 0 Å². The van der Waals surface area contributed by atoms with Crippen molar-refractivity contribution < 1.29 is 14.1 Å². The average molecular weight is 353 g/mol. The molecule has 5 heteroatoms. The lowest BCUT2D eigenvalue weighted by Gasteiger charge is -2.29. The molecule has 0 unspecified atom stereocenters. The van der Waals surface area contributed by atoms with E-state index in [0.29, 0.717) is 30.7 Å². The quantitative estimate of drug-likeness (QED) is 0.193. The van der Waals surface area contributed by atoms with Crippen molar-refractivity contribution in [1.82, 2.24) is 10.6 Å². The molecule has 0 aromatic rings. The van der Waals surface area contributed by atoms with Crippen LogP contribution in [-0.2, 0) is 9.59 Å². The van der Waals surface area contributed by atoms with Crippen LogP contribution in [0.25, 0.3) is 0 Å². The minimum absolute atomic E-state index is 0.0818. The largest absolute Gasteiger partial charge is 0.309 e. The van der Waals surface area contributed by atoms with Gasteiger partial charge in [0.05, 0.1) is 14.1 Å². The van der Waals surface area contributed by atoms with Crippen LogP contribution in [-0.4, -0.2) is 43.7 Å². The lowest BCUT2D eigenvalue weighted by Crippen LogP contribution is -2.53. The summed E-state index contributed by atoms with van der Waals surface area (Å²) in [6.07, 6.45) is 13.1. The van der Waals surface area contributed by atoms with Gasteiger partial charge in [-0.25, -0.2) is 0 Å². The summed E-state index contributed by atoms with van der Waals surface area (Å²) in [6, 6.07) is 0. The topological polar surface area (TPSA) is 58.2 Å². The second-order valence-corrected chi connectivity index (χ2v) is 7.23. The molecule has 0 atom stereocenters. The van der Waals surface area contributed by atoms with Crippen LogP contribution in [0, 0.1) is 0 Å². The number of hydrogen-bond acceptors (Lipinski definition) is 2. The van der Waals surface area contributed by atoms with Crippen molar-refractivity contribution in [3.63, 3.8) is 0 Å². The summed E-state index contributed by atoms with van der Waals surface area (Å²) in [7, 11) is 3.99. The van der Waals surface area contributed by atoms with E-state index in [2.05, 4.69) is 23.8 Å². The Morgan fingerprint density at radius 2 is 1.16 bits per heavy atom. The Kier molecular flexibility index (Phi) is 13.7. The number of quaternary nitrogens is 1. The third-order valence-corrected chi connectivity index (χ3v) is 4.03. The molecule has 0 fully saturated rings. The van der Waals surface area contributed by atoms with Gasteiger partial charge < -0.3 is 10.6 Å². The van der Waals surface area contributed by atoms with E-state index < -0.39 is 0 Å². The van der Waals surface area contributed by atoms with Crippen molar-refractivity contribution in [2.45, 2.75) is 64.2 Å². The van der Waals surface area contributed by atoms with Gasteiger partial charge in [0, 0.05) is 12.8 Å². The van der Waals surface area contributed by atoms with Crippen molar-refractivity contribution >= 4 is 11.8 Å². The van der Waals surface area contributed by atoms with Crippen LogP contribution in [0.4, 0.5) is 0 Å². The van der Waals surface area contributed by atoms with Gasteiger partial charge in [-0.3, -0.25) is 14.1 Å². The average Bonchev–Trinajstić information content (AvgIpc) is 2.58. The fourth-order valence-electron chi connectivity index (χ4n) is 2.34. The predicted molar refractivity (Wildman–Crippen MR) is 105 cm³/mol. The molecule has 5 nitrogen and oxygen atoms in total. The van der Waals surface area contributed by atoms with Gasteiger partial charge in [0.15, 0.2) is 13.3 Å². The van der Waals surface area contributed by atoms with Gasteiger partial charge >= 0.3 is 0 Å². The third-order valence-electron chi connectivity index (χ3n) is 4.03. The number of hydrogen-bond donors (Lipinski definition) is 2. The Balaban J connectivity index is 3.77. The van der Waals surface area contributed by atoms with Crippen LogP contribution in [0.5, 0.6) is 0 Å². The number of nitrogens with zero attached hydrogens (tertiary/aromatic N) is 1. The zero-order valence-corrected chi connectivity index (χ0v) is 16.3. The second kappa shape index (κ2) is 14.7. The van der Waals surface area contributed by atoms with Gasteiger partial charge in [-0.05, 0) is 38.5 Å². The molecule has 0 saturated carbocycles. The molecular weight excluding hydrogens is 314 g/mol. The van der Waals surface area contributed by atoms with Gasteiger partial charge in [-0.2, -0.15) is 0 Å². The Morgan fingerprint density at radius 1 is 0.760 bits per heavy atom. The molecule has 0 bridgehead atoms. The highest BCUT2D eigenvalue weighted by atomic mass is 16.2. The highest BCUT2D eigenvalue weighted by Crippen LogP contribution is 2.04. The molecule has 0 aliphatic rings. The van der Waals surface area contributed by atoms with E-state index in [1.165, 1.54) is 0 Å². The molecule has 0 radical (unpaired) electrons. The van der Waals surface area contributed by atoms with E-state index in [1.54, 1.807) is 0 Å². The van der Waals surface area contributed by atoms with Crippen LogP contribution in [0.1, 0.15) is 64.2 Å². The standard InChI is InChI=1S/C20H37N3O2/c1-5-7-9-11-13-15-19(24)21-17-23(3,4)18-22-20(25)16-14-12-10-8-6-2/h5-6H,1-2,7-18H2,3-4H3,(H-,21,22,24,25)/p+1. The number of rotatable bonds is 16. The summed E-state index contributed by atoms with van der Waals surface area (Å²) >= 11 is 0. The predicted octanol–water partition coefficient (Wildman–Crippen LogP) is 3.48. The van der Waals surface area contributed by atoms with Crippen LogP contribution in [0.3, 0.4) is 0 Å². The van der Waals surface area contributed by atoms with Crippen LogP contribution < -0.4 is 10.6 Å². The first-order valence-corrected chi connectivity index (χ1v) is 9.48. The van der Waals surface area contributed by atoms with Gasteiger partial charge in [0.25, 0.3) is 0 Å². The Labute approximate surface area is 154 Å². The molecule has 144 valence electrons. The minimum atomic E-state index is 0.0818. The van der Waals surface area contributed by atoms with Gasteiger partial charge in [-0.1, -0.05) is 25.0 Å². The van der Waals surface area contributed by atoms with E-state index in [-0.39, 0.29) is 11.8 Å². The zero-order chi connectivity index (χ0) is 19.0. The number of carbonyl (C=O) groups excluding carboxylic acids is 2. The molecule has 0 spiro atoms. The summed E-state index contributed by atoms with van der Waals surface area (Å²) < 4.78 is 0.532. The number of amides is 2. The highest BCUT2D eigenvalue weighted by molar-refractivity contribution is 5.76. The third kappa shape index (κ3) is 15.6. The van der Waals surface area contributed by atoms with Gasteiger partial charge in [0.1, 0.15) is 0 Å². The first-order valence-electron chi connectivity index (χ1n) is 9.48. The van der Waals surface area contributed by atoms with E-state index >= 15 is 0 Å². The lowest BCUT2D eigenvalue weighted by atomic mass is 10.1. The van der Waals surface area contributed by atoms with Crippen LogP contribution in [0.2, 0.25) is 0 Å². The maximum absolute atomic E-state index is 11.9. The fraction of sp³-hybridized carbons (Fsp3) is 0.700. The molecule has 2 amide bonds. The molecule has 25 heavy (non-hydrogen) atoms. The van der Waals surface area contributed by atoms with Crippen LogP contribution in [0.15, 0.2) is 25.3 Å². The molecular formula is C20H38N3O2+. The summed E-state index contributed by atoms with van der Waals surface area (Å²) in [5.41, 5.74) is 0. The van der Waals surface area contributed by atoms with Crippen molar-refractivity contribution in [3.8, 4) is 0 Å². The smallest absolute Gasteiger partial charge is 0.224 e. The number of unbranched alkanes of at least 4 members (excludes halogenated alkanes) is 6. The molecule has 0 aliphatic heterocycles. The molecule has 0 heterocycles. The van der Waals surface area contributed by atoms with E-state index in [1.807, 2.05) is 26.2 Å². The summed E-state index contributed by atoms with van der Waals surface area (Å²) in [6.45, 7) is 8.42. The monoisotopic (exact) mass is 352 g/mol. The summed E-state index contributed by atoms with van der Waals surface area (Å²) in [4.78, 5) is 23.7. The number of carbonyl (C=O) groups is 2. The zero-order valence-electron chi connectivity index (χ0n) is 16.3. The van der Waals surface area contributed by atoms with E-state index in [4.69, 9.17) is 0 Å². The second-order valence-electron chi connectivity index (χ2n) is 7.23. The molecule has 0 rings (SSSR count). The molecule has 0 aromatic carbocycles.